The molecule has 3 nitrogen and oxygen atoms in total. The van der Waals surface area contributed by atoms with E-state index in [2.05, 4.69) is 0 Å². The second kappa shape index (κ2) is 7.25. The number of benzene rings is 2. The number of hydrogen-bond donors (Lipinski definition) is 0. The molecule has 0 atom stereocenters. The van der Waals surface area contributed by atoms with Gasteiger partial charge in [-0.25, -0.2) is 12.7 Å². The number of unbranched alkanes of at least 4 members (excludes halogenated alkanes) is 1. The molecule has 0 aromatic heterocycles. The smallest absolute Gasteiger partial charge is 0.212 e. The normalized spacial score (nSPS) is 12.1. The number of halogens is 1. The van der Waals surface area contributed by atoms with Crippen LogP contribution in [0.4, 0.5) is 0 Å². The van der Waals surface area contributed by atoms with E-state index < -0.39 is 10.0 Å². The molecule has 114 valence electrons. The maximum atomic E-state index is 12.2. The number of alkyl halides is 1. The summed E-state index contributed by atoms with van der Waals surface area (Å²) in [6.45, 7) is 0.397. The highest BCUT2D eigenvalue weighted by Crippen LogP contribution is 2.17. The Hall–Kier alpha value is -1.10. The summed E-state index contributed by atoms with van der Waals surface area (Å²) >= 11 is 5.59. The predicted molar refractivity (Wildman–Crippen MR) is 89.2 cm³/mol. The third-order valence-corrected chi connectivity index (χ3v) is 5.63. The first-order valence-corrected chi connectivity index (χ1v) is 9.15. The van der Waals surface area contributed by atoms with Crippen molar-refractivity contribution in [2.75, 3.05) is 18.7 Å². The molecule has 2 rings (SSSR count). The lowest BCUT2D eigenvalue weighted by molar-refractivity contribution is 0.465. The van der Waals surface area contributed by atoms with Crippen LogP contribution in [-0.2, 0) is 16.6 Å². The molecule has 0 fully saturated rings. The molecule has 0 heterocycles. The van der Waals surface area contributed by atoms with Crippen LogP contribution in [0.25, 0.3) is 10.8 Å². The molecule has 0 aliphatic heterocycles. The lowest BCUT2D eigenvalue weighted by Gasteiger charge is -2.17. The third-order valence-electron chi connectivity index (χ3n) is 3.48. The van der Waals surface area contributed by atoms with Crippen molar-refractivity contribution in [2.45, 2.75) is 19.4 Å². The molecule has 0 unspecified atom stereocenters. The van der Waals surface area contributed by atoms with E-state index in [1.54, 1.807) is 7.05 Å². The fraction of sp³-hybridized carbons (Fsp3) is 0.375. The highest BCUT2D eigenvalue weighted by Gasteiger charge is 2.17. The van der Waals surface area contributed by atoms with Gasteiger partial charge in [0.1, 0.15) is 0 Å². The number of nitrogens with zero attached hydrogens (tertiary/aromatic N) is 1. The largest absolute Gasteiger partial charge is 0.214 e. The van der Waals surface area contributed by atoms with Gasteiger partial charge in [-0.05, 0) is 35.2 Å². The molecule has 21 heavy (non-hydrogen) atoms. The van der Waals surface area contributed by atoms with Crippen molar-refractivity contribution in [3.05, 3.63) is 48.0 Å². The van der Waals surface area contributed by atoms with Crippen LogP contribution in [0.5, 0.6) is 0 Å². The van der Waals surface area contributed by atoms with E-state index in [-0.39, 0.29) is 5.75 Å². The third kappa shape index (κ3) is 4.43. The molecular formula is C16H20ClNO2S. The molecule has 0 spiro atoms. The maximum absolute atomic E-state index is 12.2. The van der Waals surface area contributed by atoms with Crippen LogP contribution >= 0.6 is 11.6 Å². The minimum atomic E-state index is -3.21. The summed E-state index contributed by atoms with van der Waals surface area (Å²) in [5, 5.41) is 2.29. The first-order chi connectivity index (χ1) is 10.0. The van der Waals surface area contributed by atoms with E-state index in [4.69, 9.17) is 11.6 Å². The van der Waals surface area contributed by atoms with Crippen molar-refractivity contribution in [3.63, 3.8) is 0 Å². The minimum Gasteiger partial charge on any atom is -0.212 e. The molecule has 0 N–H and O–H groups in total. The van der Waals surface area contributed by atoms with Gasteiger partial charge in [-0.3, -0.25) is 0 Å². The van der Waals surface area contributed by atoms with Gasteiger partial charge in [-0.2, -0.15) is 0 Å². The summed E-state index contributed by atoms with van der Waals surface area (Å²) in [6, 6.07) is 14.1. The van der Waals surface area contributed by atoms with Gasteiger partial charge in [0.05, 0.1) is 5.75 Å². The van der Waals surface area contributed by atoms with Gasteiger partial charge in [0.2, 0.25) is 10.0 Å². The summed E-state index contributed by atoms with van der Waals surface area (Å²) in [6.07, 6.45) is 1.33. The van der Waals surface area contributed by atoms with Gasteiger partial charge in [0.25, 0.3) is 0 Å². The molecule has 2 aromatic carbocycles. The second-order valence-electron chi connectivity index (χ2n) is 5.15. The first kappa shape index (κ1) is 16.3. The molecule has 2 aromatic rings. The van der Waals surface area contributed by atoms with E-state index in [9.17, 15) is 8.42 Å². The number of rotatable bonds is 7. The molecule has 0 aliphatic rings. The van der Waals surface area contributed by atoms with Gasteiger partial charge in [0.15, 0.2) is 0 Å². The van der Waals surface area contributed by atoms with Gasteiger partial charge >= 0.3 is 0 Å². The van der Waals surface area contributed by atoms with Crippen LogP contribution in [0.2, 0.25) is 0 Å². The molecule has 0 saturated carbocycles. The lowest BCUT2D eigenvalue weighted by Crippen LogP contribution is -2.28. The fourth-order valence-electron chi connectivity index (χ4n) is 2.23. The molecule has 0 bridgehead atoms. The first-order valence-electron chi connectivity index (χ1n) is 7.00. The number of hydrogen-bond acceptors (Lipinski definition) is 2. The van der Waals surface area contributed by atoms with E-state index >= 15 is 0 Å². The van der Waals surface area contributed by atoms with Gasteiger partial charge in [-0.1, -0.05) is 36.4 Å². The van der Waals surface area contributed by atoms with E-state index in [0.29, 0.717) is 18.8 Å². The molecule has 0 aliphatic carbocycles. The van der Waals surface area contributed by atoms with E-state index in [1.807, 2.05) is 42.5 Å². The van der Waals surface area contributed by atoms with Crippen LogP contribution in [0.1, 0.15) is 18.4 Å². The molecular weight excluding hydrogens is 306 g/mol. The quantitative estimate of drug-likeness (QED) is 0.576. The standard InChI is InChI=1S/C16H20ClNO2S/c1-18(21(19,20)11-5-4-10-17)13-14-8-9-15-6-2-3-7-16(15)12-14/h2-3,6-9,12H,4-5,10-11,13H2,1H3. The van der Waals surface area contributed by atoms with Crippen molar-refractivity contribution in [3.8, 4) is 0 Å². The van der Waals surface area contributed by atoms with Crippen molar-refractivity contribution in [2.24, 2.45) is 0 Å². The van der Waals surface area contributed by atoms with Crippen molar-refractivity contribution < 1.29 is 8.42 Å². The zero-order chi connectivity index (χ0) is 15.3. The highest BCUT2D eigenvalue weighted by molar-refractivity contribution is 7.89. The average molecular weight is 326 g/mol. The topological polar surface area (TPSA) is 37.4 Å². The van der Waals surface area contributed by atoms with Gasteiger partial charge in [-0.15, -0.1) is 11.6 Å². The predicted octanol–water partition coefficient (Wildman–Crippen LogP) is 3.62. The molecule has 0 saturated heterocycles. The number of fused-ring (bicyclic) bond motifs is 1. The Morgan fingerprint density at radius 3 is 2.48 bits per heavy atom. The van der Waals surface area contributed by atoms with Crippen LogP contribution in [0.15, 0.2) is 42.5 Å². The van der Waals surface area contributed by atoms with Crippen molar-refractivity contribution in [1.29, 1.82) is 0 Å². The molecule has 0 amide bonds. The summed E-state index contributed by atoms with van der Waals surface area (Å²) in [5.41, 5.74) is 0.997. The Labute approximate surface area is 131 Å². The zero-order valence-electron chi connectivity index (χ0n) is 12.1. The van der Waals surface area contributed by atoms with Gasteiger partial charge in [0, 0.05) is 19.5 Å². The van der Waals surface area contributed by atoms with Crippen LogP contribution in [0.3, 0.4) is 0 Å². The Morgan fingerprint density at radius 1 is 1.05 bits per heavy atom. The van der Waals surface area contributed by atoms with Crippen LogP contribution < -0.4 is 0 Å². The Kier molecular flexibility index (Phi) is 5.62. The van der Waals surface area contributed by atoms with Crippen LogP contribution in [0, 0.1) is 0 Å². The highest BCUT2D eigenvalue weighted by atomic mass is 35.5. The minimum absolute atomic E-state index is 0.157. The summed E-state index contributed by atoms with van der Waals surface area (Å²) in [7, 11) is -1.58. The average Bonchev–Trinajstić information content (AvgIpc) is 2.47. The Morgan fingerprint density at radius 2 is 1.76 bits per heavy atom. The summed E-state index contributed by atoms with van der Waals surface area (Å²) in [5.74, 6) is 0.660. The fourth-order valence-corrected chi connectivity index (χ4v) is 3.64. The number of sulfonamides is 1. The van der Waals surface area contributed by atoms with E-state index in [0.717, 1.165) is 22.8 Å². The Balaban J connectivity index is 2.08. The monoisotopic (exact) mass is 325 g/mol. The van der Waals surface area contributed by atoms with Crippen molar-refractivity contribution in [1.82, 2.24) is 4.31 Å². The summed E-state index contributed by atoms with van der Waals surface area (Å²) in [4.78, 5) is 0. The SMILES string of the molecule is CN(Cc1ccc2ccccc2c1)S(=O)(=O)CCCCCl. The lowest BCUT2D eigenvalue weighted by atomic mass is 10.1. The van der Waals surface area contributed by atoms with Crippen LogP contribution in [-0.4, -0.2) is 31.4 Å². The Bertz CT molecular complexity index is 700. The summed E-state index contributed by atoms with van der Waals surface area (Å²) < 4.78 is 25.7. The molecule has 5 heteroatoms. The molecule has 0 radical (unpaired) electrons. The van der Waals surface area contributed by atoms with E-state index in [1.165, 1.54) is 4.31 Å². The van der Waals surface area contributed by atoms with Gasteiger partial charge < -0.3 is 0 Å². The van der Waals surface area contributed by atoms with Crippen molar-refractivity contribution >= 4 is 32.4 Å². The second-order valence-corrected chi connectivity index (χ2v) is 7.72. The zero-order valence-corrected chi connectivity index (χ0v) is 13.7. The maximum Gasteiger partial charge on any atom is 0.214 e.